The summed E-state index contributed by atoms with van der Waals surface area (Å²) in [6.45, 7) is 14.3. The number of allylic oxidation sites excluding steroid dienone is 4. The zero-order valence-electron chi connectivity index (χ0n) is 13.3. The summed E-state index contributed by atoms with van der Waals surface area (Å²) in [6, 6.07) is 0. The van der Waals surface area contributed by atoms with Crippen molar-refractivity contribution < 1.29 is 9.90 Å². The summed E-state index contributed by atoms with van der Waals surface area (Å²) in [5.74, 6) is -0.432. The van der Waals surface area contributed by atoms with Gasteiger partial charge in [0, 0.05) is 5.97 Å². The van der Waals surface area contributed by atoms with Gasteiger partial charge in [-0.15, -0.1) is 6.58 Å². The van der Waals surface area contributed by atoms with Crippen LogP contribution >= 0.6 is 0 Å². The SMILES string of the molecule is C=C(C)CCC(C/C=C(/C)CCCCC(=O)[O-])C(=C)C. The standard InChI is InChI=1S/C18H30O2/c1-14(2)10-12-17(15(3)4)13-11-16(5)8-6-7-9-18(19)20/h11,17H,1,3,6-10,12-13H2,2,4-5H3,(H,19,20)/p-1/b16-11-. The van der Waals surface area contributed by atoms with Gasteiger partial charge in [0.15, 0.2) is 0 Å². The third-order valence-electron chi connectivity index (χ3n) is 3.57. The summed E-state index contributed by atoms with van der Waals surface area (Å²) < 4.78 is 0. The van der Waals surface area contributed by atoms with Crippen molar-refractivity contribution in [2.75, 3.05) is 0 Å². The maximum atomic E-state index is 10.3. The highest BCUT2D eigenvalue weighted by atomic mass is 16.4. The molecule has 0 aliphatic rings. The summed E-state index contributed by atoms with van der Waals surface area (Å²) >= 11 is 0. The highest BCUT2D eigenvalue weighted by molar-refractivity contribution is 5.64. The van der Waals surface area contributed by atoms with Crippen molar-refractivity contribution in [3.63, 3.8) is 0 Å². The van der Waals surface area contributed by atoms with E-state index in [0.717, 1.165) is 32.1 Å². The van der Waals surface area contributed by atoms with Gasteiger partial charge in [-0.05, 0) is 71.6 Å². The molecule has 0 rings (SSSR count). The number of hydrogen-bond acceptors (Lipinski definition) is 2. The van der Waals surface area contributed by atoms with Gasteiger partial charge in [0.25, 0.3) is 0 Å². The smallest absolute Gasteiger partial charge is 0.0414 e. The molecule has 20 heavy (non-hydrogen) atoms. The van der Waals surface area contributed by atoms with Gasteiger partial charge in [-0.2, -0.15) is 0 Å². The maximum Gasteiger partial charge on any atom is 0.0414 e. The van der Waals surface area contributed by atoms with Crippen LogP contribution in [0, 0.1) is 5.92 Å². The predicted octanol–water partition coefficient (Wildman–Crippen LogP) is 4.18. The van der Waals surface area contributed by atoms with Crippen LogP contribution in [0.2, 0.25) is 0 Å². The molecule has 0 aromatic carbocycles. The maximum absolute atomic E-state index is 10.3. The molecule has 0 bridgehead atoms. The van der Waals surface area contributed by atoms with Gasteiger partial charge >= 0.3 is 0 Å². The van der Waals surface area contributed by atoms with Crippen LogP contribution in [-0.2, 0) is 4.79 Å². The van der Waals surface area contributed by atoms with Crippen molar-refractivity contribution in [3.05, 3.63) is 36.0 Å². The molecule has 2 heteroatoms. The number of rotatable bonds is 11. The van der Waals surface area contributed by atoms with E-state index in [-0.39, 0.29) is 6.42 Å². The monoisotopic (exact) mass is 277 g/mol. The quantitative estimate of drug-likeness (QED) is 0.420. The van der Waals surface area contributed by atoms with Crippen LogP contribution in [0.4, 0.5) is 0 Å². The molecule has 0 aliphatic heterocycles. The van der Waals surface area contributed by atoms with Crippen molar-refractivity contribution >= 4 is 5.97 Å². The molecule has 0 aliphatic carbocycles. The summed E-state index contributed by atoms with van der Waals surface area (Å²) in [4.78, 5) is 10.3. The topological polar surface area (TPSA) is 40.1 Å². The molecular formula is C18H29O2-. The molecule has 0 aromatic rings. The van der Waals surface area contributed by atoms with E-state index in [1.807, 2.05) is 0 Å². The fraction of sp³-hybridized carbons (Fsp3) is 0.611. The zero-order chi connectivity index (χ0) is 15.5. The molecule has 1 atom stereocenters. The first-order valence-electron chi connectivity index (χ1n) is 7.48. The molecule has 0 fully saturated rings. The van der Waals surface area contributed by atoms with Crippen LogP contribution in [0.3, 0.4) is 0 Å². The van der Waals surface area contributed by atoms with E-state index in [1.165, 1.54) is 16.7 Å². The first kappa shape index (κ1) is 18.7. The summed E-state index contributed by atoms with van der Waals surface area (Å²) in [5, 5.41) is 10.3. The van der Waals surface area contributed by atoms with Crippen molar-refractivity contribution in [3.8, 4) is 0 Å². The molecule has 0 saturated heterocycles. The lowest BCUT2D eigenvalue weighted by molar-refractivity contribution is -0.305. The molecule has 2 nitrogen and oxygen atoms in total. The first-order chi connectivity index (χ1) is 9.32. The fourth-order valence-corrected chi connectivity index (χ4v) is 2.10. The zero-order valence-corrected chi connectivity index (χ0v) is 13.3. The molecule has 0 amide bonds. The van der Waals surface area contributed by atoms with Crippen molar-refractivity contribution in [2.24, 2.45) is 5.92 Å². The fourth-order valence-electron chi connectivity index (χ4n) is 2.10. The van der Waals surface area contributed by atoms with Gasteiger partial charge in [0.2, 0.25) is 0 Å². The minimum absolute atomic E-state index is 0.167. The molecule has 0 aromatic heterocycles. The Kier molecular flexibility index (Phi) is 9.79. The van der Waals surface area contributed by atoms with Gasteiger partial charge in [-0.25, -0.2) is 0 Å². The van der Waals surface area contributed by atoms with Crippen LogP contribution in [0.25, 0.3) is 0 Å². The van der Waals surface area contributed by atoms with Gasteiger partial charge in [0.05, 0.1) is 0 Å². The van der Waals surface area contributed by atoms with Crippen LogP contribution < -0.4 is 5.11 Å². The van der Waals surface area contributed by atoms with E-state index in [2.05, 4.69) is 40.0 Å². The Morgan fingerprint density at radius 1 is 1.10 bits per heavy atom. The van der Waals surface area contributed by atoms with E-state index in [4.69, 9.17) is 0 Å². The van der Waals surface area contributed by atoms with Gasteiger partial charge in [-0.3, -0.25) is 0 Å². The van der Waals surface area contributed by atoms with Crippen molar-refractivity contribution in [1.29, 1.82) is 0 Å². The second-order valence-corrected chi connectivity index (χ2v) is 5.90. The lowest BCUT2D eigenvalue weighted by atomic mass is 9.90. The minimum Gasteiger partial charge on any atom is -0.550 e. The summed E-state index contributed by atoms with van der Waals surface area (Å²) in [6.07, 6.45) is 8.21. The average Bonchev–Trinajstić information content (AvgIpc) is 2.33. The minimum atomic E-state index is -0.950. The Morgan fingerprint density at radius 2 is 1.70 bits per heavy atom. The van der Waals surface area contributed by atoms with Gasteiger partial charge in [-0.1, -0.05) is 29.4 Å². The number of carboxylic acids is 1. The molecule has 0 spiro atoms. The molecule has 0 heterocycles. The number of aliphatic carboxylic acids is 1. The summed E-state index contributed by atoms with van der Waals surface area (Å²) in [7, 11) is 0. The average molecular weight is 277 g/mol. The molecule has 114 valence electrons. The lowest BCUT2D eigenvalue weighted by Gasteiger charge is -2.15. The highest BCUT2D eigenvalue weighted by Crippen LogP contribution is 2.23. The molecule has 0 N–H and O–H groups in total. The number of carboxylic acid groups (broad SMARTS) is 1. The number of hydrogen-bond donors (Lipinski definition) is 0. The number of unbranched alkanes of at least 4 members (excludes halogenated alkanes) is 1. The van der Waals surface area contributed by atoms with E-state index < -0.39 is 5.97 Å². The second kappa shape index (κ2) is 10.5. The Bertz CT molecular complexity index is 364. The van der Waals surface area contributed by atoms with E-state index in [1.54, 1.807) is 0 Å². The Hall–Kier alpha value is -1.31. The molecule has 1 unspecified atom stereocenters. The second-order valence-electron chi connectivity index (χ2n) is 5.90. The lowest BCUT2D eigenvalue weighted by Crippen LogP contribution is -2.21. The van der Waals surface area contributed by atoms with E-state index >= 15 is 0 Å². The first-order valence-corrected chi connectivity index (χ1v) is 7.48. The van der Waals surface area contributed by atoms with Crippen LogP contribution in [-0.4, -0.2) is 5.97 Å². The Morgan fingerprint density at radius 3 is 2.20 bits per heavy atom. The van der Waals surface area contributed by atoms with Crippen LogP contribution in [0.1, 0.15) is 65.7 Å². The molecular weight excluding hydrogens is 248 g/mol. The molecule has 0 saturated carbocycles. The normalized spacial score (nSPS) is 13.1. The third-order valence-corrected chi connectivity index (χ3v) is 3.57. The van der Waals surface area contributed by atoms with Crippen molar-refractivity contribution in [1.82, 2.24) is 0 Å². The Labute approximate surface area is 124 Å². The van der Waals surface area contributed by atoms with Crippen LogP contribution in [0.15, 0.2) is 36.0 Å². The number of carbonyl (C=O) groups excluding carboxylic acids is 1. The van der Waals surface area contributed by atoms with Gasteiger partial charge < -0.3 is 9.90 Å². The van der Waals surface area contributed by atoms with Gasteiger partial charge in [0.1, 0.15) is 0 Å². The highest BCUT2D eigenvalue weighted by Gasteiger charge is 2.08. The van der Waals surface area contributed by atoms with E-state index in [9.17, 15) is 9.90 Å². The predicted molar refractivity (Wildman–Crippen MR) is 84.2 cm³/mol. The molecule has 0 radical (unpaired) electrons. The van der Waals surface area contributed by atoms with Crippen LogP contribution in [0.5, 0.6) is 0 Å². The van der Waals surface area contributed by atoms with Crippen molar-refractivity contribution in [2.45, 2.75) is 65.7 Å². The Balaban J connectivity index is 4.09. The third kappa shape index (κ3) is 10.6. The largest absolute Gasteiger partial charge is 0.550 e. The summed E-state index contributed by atoms with van der Waals surface area (Å²) in [5.41, 5.74) is 3.79. The number of carbonyl (C=O) groups is 1. The van der Waals surface area contributed by atoms with E-state index in [0.29, 0.717) is 12.3 Å².